The summed E-state index contributed by atoms with van der Waals surface area (Å²) in [6, 6.07) is 3.11. The second-order valence-corrected chi connectivity index (χ2v) is 6.35. The molecule has 1 aromatic rings. The van der Waals surface area contributed by atoms with E-state index in [2.05, 4.69) is 6.92 Å². The van der Waals surface area contributed by atoms with Crippen LogP contribution < -0.4 is 0 Å². The summed E-state index contributed by atoms with van der Waals surface area (Å²) in [4.78, 5) is 12.1. The molecular formula is C20H30F2O2. The molecular weight excluding hydrogens is 310 g/mol. The van der Waals surface area contributed by atoms with Crippen molar-refractivity contribution >= 4 is 5.97 Å². The van der Waals surface area contributed by atoms with Crippen molar-refractivity contribution in [2.45, 2.75) is 84.2 Å². The van der Waals surface area contributed by atoms with Crippen molar-refractivity contribution in [2.75, 3.05) is 0 Å². The zero-order valence-electron chi connectivity index (χ0n) is 15.0. The maximum atomic E-state index is 13.2. The van der Waals surface area contributed by atoms with Crippen molar-refractivity contribution < 1.29 is 18.3 Å². The minimum Gasteiger partial charge on any atom is -0.459 e. The van der Waals surface area contributed by atoms with Gasteiger partial charge in [-0.15, -0.1) is 0 Å². The Morgan fingerprint density at radius 2 is 1.58 bits per heavy atom. The topological polar surface area (TPSA) is 26.3 Å². The quantitative estimate of drug-likeness (QED) is 0.324. The Morgan fingerprint density at radius 1 is 0.917 bits per heavy atom. The maximum absolute atomic E-state index is 13.2. The van der Waals surface area contributed by atoms with E-state index >= 15 is 0 Å². The highest BCUT2D eigenvalue weighted by Gasteiger charge is 2.16. The number of halogens is 2. The van der Waals surface area contributed by atoms with E-state index in [1.54, 1.807) is 0 Å². The van der Waals surface area contributed by atoms with Crippen LogP contribution in [0.4, 0.5) is 8.78 Å². The van der Waals surface area contributed by atoms with Crippen molar-refractivity contribution in [1.29, 1.82) is 0 Å². The average Bonchev–Trinajstić information content (AvgIpc) is 2.56. The van der Waals surface area contributed by atoms with Crippen LogP contribution in [0.2, 0.25) is 0 Å². The van der Waals surface area contributed by atoms with E-state index in [4.69, 9.17) is 4.74 Å². The molecule has 0 saturated heterocycles. The van der Waals surface area contributed by atoms with Gasteiger partial charge < -0.3 is 4.74 Å². The maximum Gasteiger partial charge on any atom is 0.338 e. The monoisotopic (exact) mass is 340 g/mol. The zero-order chi connectivity index (χ0) is 17.8. The highest BCUT2D eigenvalue weighted by Crippen LogP contribution is 2.17. The van der Waals surface area contributed by atoms with Crippen molar-refractivity contribution in [2.24, 2.45) is 0 Å². The molecule has 4 heteroatoms. The largest absolute Gasteiger partial charge is 0.459 e. The molecule has 0 aromatic heterocycles. The fourth-order valence-electron chi connectivity index (χ4n) is 2.76. The molecule has 0 aliphatic heterocycles. The van der Waals surface area contributed by atoms with E-state index in [1.807, 2.05) is 6.92 Å². The van der Waals surface area contributed by atoms with E-state index in [9.17, 15) is 13.6 Å². The van der Waals surface area contributed by atoms with Gasteiger partial charge >= 0.3 is 5.97 Å². The van der Waals surface area contributed by atoms with Crippen molar-refractivity contribution in [1.82, 2.24) is 0 Å². The van der Waals surface area contributed by atoms with E-state index in [0.717, 1.165) is 44.2 Å². The number of hydrogen-bond acceptors (Lipinski definition) is 2. The van der Waals surface area contributed by atoms with E-state index in [1.165, 1.54) is 38.2 Å². The number of carbonyl (C=O) groups excluding carboxylic acids is 1. The van der Waals surface area contributed by atoms with Crippen molar-refractivity contribution in [3.05, 3.63) is 35.4 Å². The smallest absolute Gasteiger partial charge is 0.338 e. The molecule has 1 atom stereocenters. The number of ether oxygens (including phenoxy) is 1. The first-order valence-corrected chi connectivity index (χ1v) is 9.24. The second kappa shape index (κ2) is 12.0. The lowest BCUT2D eigenvalue weighted by Gasteiger charge is -2.17. The molecule has 0 saturated carbocycles. The van der Waals surface area contributed by atoms with Gasteiger partial charge in [0.25, 0.3) is 0 Å². The Kier molecular flexibility index (Phi) is 10.3. The third-order valence-electron chi connectivity index (χ3n) is 4.17. The Balaban J connectivity index is 2.38. The number of carbonyl (C=O) groups is 1. The summed E-state index contributed by atoms with van der Waals surface area (Å²) < 4.78 is 31.6. The van der Waals surface area contributed by atoms with Crippen LogP contribution in [0, 0.1) is 11.6 Å². The van der Waals surface area contributed by atoms with Crippen LogP contribution in [-0.4, -0.2) is 12.1 Å². The summed E-state index contributed by atoms with van der Waals surface area (Å²) in [7, 11) is 0. The van der Waals surface area contributed by atoms with Crippen LogP contribution in [0.15, 0.2) is 18.2 Å². The zero-order valence-corrected chi connectivity index (χ0v) is 15.0. The molecule has 2 nitrogen and oxygen atoms in total. The van der Waals surface area contributed by atoms with Crippen molar-refractivity contribution in [3.8, 4) is 0 Å². The molecule has 0 aliphatic rings. The van der Waals surface area contributed by atoms with Crippen LogP contribution in [0.1, 0.15) is 88.4 Å². The molecule has 24 heavy (non-hydrogen) atoms. The molecule has 0 radical (unpaired) electrons. The summed E-state index contributed by atoms with van der Waals surface area (Å²) in [6.45, 7) is 4.25. The van der Waals surface area contributed by atoms with Gasteiger partial charge in [0.1, 0.15) is 6.10 Å². The highest BCUT2D eigenvalue weighted by atomic mass is 19.2. The van der Waals surface area contributed by atoms with Crippen LogP contribution in [0.5, 0.6) is 0 Å². The summed E-state index contributed by atoms with van der Waals surface area (Å²) in [6.07, 6.45) is 10.9. The van der Waals surface area contributed by atoms with Gasteiger partial charge in [0, 0.05) is 0 Å². The summed E-state index contributed by atoms with van der Waals surface area (Å²) >= 11 is 0. The Morgan fingerprint density at radius 3 is 2.21 bits per heavy atom. The molecule has 0 aliphatic carbocycles. The van der Waals surface area contributed by atoms with Gasteiger partial charge in [0.2, 0.25) is 0 Å². The minimum absolute atomic E-state index is 0.0644. The lowest BCUT2D eigenvalue weighted by Crippen LogP contribution is -2.18. The molecule has 0 bridgehead atoms. The van der Waals surface area contributed by atoms with Gasteiger partial charge in [-0.3, -0.25) is 0 Å². The Hall–Kier alpha value is -1.45. The lowest BCUT2D eigenvalue weighted by atomic mass is 10.0. The summed E-state index contributed by atoms with van der Waals surface area (Å²) in [5, 5.41) is 0. The summed E-state index contributed by atoms with van der Waals surface area (Å²) in [5.74, 6) is -2.56. The first kappa shape index (κ1) is 20.6. The third-order valence-corrected chi connectivity index (χ3v) is 4.17. The first-order chi connectivity index (χ1) is 11.6. The first-order valence-electron chi connectivity index (χ1n) is 9.24. The number of benzene rings is 1. The highest BCUT2D eigenvalue weighted by molar-refractivity contribution is 5.89. The molecule has 1 unspecified atom stereocenters. The molecule has 0 spiro atoms. The van der Waals surface area contributed by atoms with Crippen LogP contribution in [0.25, 0.3) is 0 Å². The van der Waals surface area contributed by atoms with E-state index < -0.39 is 17.6 Å². The molecule has 0 heterocycles. The minimum atomic E-state index is -1.02. The van der Waals surface area contributed by atoms with Crippen LogP contribution in [-0.2, 0) is 4.74 Å². The number of unbranched alkanes of at least 4 members (excludes halogenated alkanes) is 6. The number of rotatable bonds is 12. The molecule has 0 fully saturated rings. The predicted molar refractivity (Wildman–Crippen MR) is 93.1 cm³/mol. The van der Waals surface area contributed by atoms with Gasteiger partial charge in [-0.1, -0.05) is 58.8 Å². The van der Waals surface area contributed by atoms with Gasteiger partial charge in [-0.05, 0) is 37.5 Å². The molecule has 1 rings (SSSR count). The molecule has 1 aromatic carbocycles. The van der Waals surface area contributed by atoms with Crippen LogP contribution in [0.3, 0.4) is 0 Å². The SMILES string of the molecule is CCCCCCCCCC(CCC)OC(=O)c1ccc(F)c(F)c1. The molecule has 0 amide bonds. The fourth-order valence-corrected chi connectivity index (χ4v) is 2.76. The third kappa shape index (κ3) is 7.89. The average molecular weight is 340 g/mol. The molecule has 0 N–H and O–H groups in total. The fraction of sp³-hybridized carbons (Fsp3) is 0.650. The number of esters is 1. The standard InChI is InChI=1S/C20H30F2O2/c1-3-5-6-7-8-9-10-12-17(11-4-2)24-20(23)16-13-14-18(21)19(22)15-16/h13-15,17H,3-12H2,1-2H3. The van der Waals surface area contributed by atoms with E-state index in [0.29, 0.717) is 0 Å². The summed E-state index contributed by atoms with van der Waals surface area (Å²) in [5.41, 5.74) is 0.0644. The normalized spacial score (nSPS) is 12.2. The number of hydrogen-bond donors (Lipinski definition) is 0. The van der Waals surface area contributed by atoms with E-state index in [-0.39, 0.29) is 11.7 Å². The van der Waals surface area contributed by atoms with Crippen LogP contribution >= 0.6 is 0 Å². The van der Waals surface area contributed by atoms with Crippen molar-refractivity contribution in [3.63, 3.8) is 0 Å². The predicted octanol–water partition coefficient (Wildman–Crippen LogP) is 6.43. The lowest BCUT2D eigenvalue weighted by molar-refractivity contribution is 0.0253. The van der Waals surface area contributed by atoms with Gasteiger partial charge in [0.15, 0.2) is 11.6 Å². The van der Waals surface area contributed by atoms with Gasteiger partial charge in [0.05, 0.1) is 5.56 Å². The Bertz CT molecular complexity index is 489. The van der Waals surface area contributed by atoms with Gasteiger partial charge in [-0.25, -0.2) is 13.6 Å². The molecule has 136 valence electrons. The second-order valence-electron chi connectivity index (χ2n) is 6.35. The Labute approximate surface area is 144 Å². The van der Waals surface area contributed by atoms with Gasteiger partial charge in [-0.2, -0.15) is 0 Å².